The van der Waals surface area contributed by atoms with Crippen LogP contribution in [0.2, 0.25) is 0 Å². The van der Waals surface area contributed by atoms with Crippen LogP contribution in [0.25, 0.3) is 10.2 Å². The zero-order chi connectivity index (χ0) is 14.1. The molecule has 0 bridgehead atoms. The molecule has 0 aromatic carbocycles. The molecule has 2 aromatic rings. The van der Waals surface area contributed by atoms with Gasteiger partial charge in [-0.3, -0.25) is 14.2 Å². The topological polar surface area (TPSA) is 64.0 Å². The lowest BCUT2D eigenvalue weighted by atomic mass is 10.2. The van der Waals surface area contributed by atoms with Gasteiger partial charge in [0.15, 0.2) is 5.16 Å². The highest BCUT2D eigenvalue weighted by molar-refractivity contribution is 8.00. The number of thioether (sulfide) groups is 1. The monoisotopic (exact) mass is 309 g/mol. The van der Waals surface area contributed by atoms with Gasteiger partial charge >= 0.3 is 0 Å². The number of hydrogen-bond acceptors (Lipinski definition) is 5. The number of fused-ring (bicyclic) bond motifs is 1. The Bertz CT molecular complexity index is 707. The molecule has 0 saturated carbocycles. The summed E-state index contributed by atoms with van der Waals surface area (Å²) in [5.41, 5.74) is -0.0484. The molecule has 0 spiro atoms. The zero-order valence-electron chi connectivity index (χ0n) is 11.1. The van der Waals surface area contributed by atoms with Crippen LogP contribution >= 0.6 is 23.1 Å². The van der Waals surface area contributed by atoms with Crippen molar-refractivity contribution in [2.75, 3.05) is 6.54 Å². The third-order valence-corrected chi connectivity index (χ3v) is 5.51. The molecule has 1 N–H and O–H groups in total. The molecule has 1 amide bonds. The summed E-state index contributed by atoms with van der Waals surface area (Å²) in [6, 6.07) is 1.79. The summed E-state index contributed by atoms with van der Waals surface area (Å²) in [5.74, 6) is 0.0491. The highest BCUT2D eigenvalue weighted by Gasteiger charge is 2.24. The maximum absolute atomic E-state index is 12.2. The van der Waals surface area contributed by atoms with Gasteiger partial charge < -0.3 is 5.32 Å². The summed E-state index contributed by atoms with van der Waals surface area (Å²) in [7, 11) is 1.71. The number of carbonyl (C=O) groups excluding carboxylic acids is 1. The van der Waals surface area contributed by atoms with E-state index in [9.17, 15) is 9.59 Å². The molecule has 0 radical (unpaired) electrons. The van der Waals surface area contributed by atoms with Crippen LogP contribution in [0, 0.1) is 0 Å². The lowest BCUT2D eigenvalue weighted by Gasteiger charge is -2.14. The predicted octanol–water partition coefficient (Wildman–Crippen LogP) is 1.76. The smallest absolute Gasteiger partial charge is 0.262 e. The Morgan fingerprint density at radius 3 is 3.15 bits per heavy atom. The zero-order valence-corrected chi connectivity index (χ0v) is 12.7. The average Bonchev–Trinajstić information content (AvgIpc) is 2.81. The normalized spacial score (nSPS) is 19.9. The van der Waals surface area contributed by atoms with E-state index < -0.39 is 0 Å². The average molecular weight is 309 g/mol. The van der Waals surface area contributed by atoms with Crippen LogP contribution in [0.1, 0.15) is 19.3 Å². The van der Waals surface area contributed by atoms with Gasteiger partial charge in [0, 0.05) is 13.6 Å². The van der Waals surface area contributed by atoms with E-state index in [1.807, 2.05) is 5.38 Å². The number of amides is 1. The summed E-state index contributed by atoms with van der Waals surface area (Å²) in [5, 5.41) is 5.88. The highest BCUT2D eigenvalue weighted by Crippen LogP contribution is 2.27. The van der Waals surface area contributed by atoms with Gasteiger partial charge in [0.25, 0.3) is 5.56 Å². The summed E-state index contributed by atoms with van der Waals surface area (Å²) < 4.78 is 1.54. The Kier molecular flexibility index (Phi) is 3.80. The molecule has 0 aliphatic carbocycles. The van der Waals surface area contributed by atoms with Crippen LogP contribution < -0.4 is 10.9 Å². The molecule has 1 atom stereocenters. The van der Waals surface area contributed by atoms with Crippen LogP contribution in [0.4, 0.5) is 0 Å². The summed E-state index contributed by atoms with van der Waals surface area (Å²) in [6.07, 6.45) is 2.86. The summed E-state index contributed by atoms with van der Waals surface area (Å²) in [4.78, 5) is 29.5. The molecule has 7 heteroatoms. The SMILES string of the molecule is Cn1c(S[C@@H]2CCCCNC2=O)nc2sccc2c1=O. The molecule has 5 nitrogen and oxygen atoms in total. The second kappa shape index (κ2) is 5.57. The first-order valence-corrected chi connectivity index (χ1v) is 8.31. The Balaban J connectivity index is 1.95. The van der Waals surface area contributed by atoms with Crippen molar-refractivity contribution in [3.05, 3.63) is 21.8 Å². The van der Waals surface area contributed by atoms with E-state index in [0.717, 1.165) is 30.6 Å². The van der Waals surface area contributed by atoms with Gasteiger partial charge in [0.2, 0.25) is 5.91 Å². The van der Waals surface area contributed by atoms with Gasteiger partial charge in [-0.2, -0.15) is 0 Å². The fourth-order valence-corrected chi connectivity index (χ4v) is 4.16. The molecule has 1 aliphatic heterocycles. The molecule has 1 saturated heterocycles. The lowest BCUT2D eigenvalue weighted by Crippen LogP contribution is -2.31. The molecule has 1 fully saturated rings. The number of hydrogen-bond donors (Lipinski definition) is 1. The minimum atomic E-state index is -0.159. The Hall–Kier alpha value is -1.34. The van der Waals surface area contributed by atoms with Crippen LogP contribution in [0.15, 0.2) is 21.4 Å². The highest BCUT2D eigenvalue weighted by atomic mass is 32.2. The number of nitrogens with zero attached hydrogens (tertiary/aromatic N) is 2. The van der Waals surface area contributed by atoms with Gasteiger partial charge in [-0.05, 0) is 24.3 Å². The van der Waals surface area contributed by atoms with E-state index >= 15 is 0 Å². The minimum Gasteiger partial charge on any atom is -0.355 e. The maximum atomic E-state index is 12.2. The standard InChI is InChI=1S/C13H15N3O2S2/c1-16-12(18)8-5-7-19-11(8)15-13(16)20-9-4-2-3-6-14-10(9)17/h5,7,9H,2-4,6H2,1H3,(H,14,17)/t9-/m1/s1. The number of aromatic nitrogens is 2. The van der Waals surface area contributed by atoms with Crippen molar-refractivity contribution in [3.63, 3.8) is 0 Å². The number of nitrogens with one attached hydrogen (secondary N) is 1. The first-order chi connectivity index (χ1) is 9.66. The van der Waals surface area contributed by atoms with Gasteiger partial charge in [-0.25, -0.2) is 4.98 Å². The van der Waals surface area contributed by atoms with Gasteiger partial charge in [-0.15, -0.1) is 11.3 Å². The minimum absolute atomic E-state index is 0.0484. The van der Waals surface area contributed by atoms with Crippen LogP contribution in [0.5, 0.6) is 0 Å². The number of rotatable bonds is 2. The van der Waals surface area contributed by atoms with Crippen LogP contribution in [0.3, 0.4) is 0 Å². The van der Waals surface area contributed by atoms with Gasteiger partial charge in [0.1, 0.15) is 4.83 Å². The van der Waals surface area contributed by atoms with E-state index in [2.05, 4.69) is 10.3 Å². The van der Waals surface area contributed by atoms with E-state index in [4.69, 9.17) is 0 Å². The Morgan fingerprint density at radius 2 is 2.30 bits per heavy atom. The quantitative estimate of drug-likeness (QED) is 0.859. The largest absolute Gasteiger partial charge is 0.355 e. The van der Waals surface area contributed by atoms with E-state index in [-0.39, 0.29) is 16.7 Å². The van der Waals surface area contributed by atoms with E-state index in [0.29, 0.717) is 10.5 Å². The van der Waals surface area contributed by atoms with E-state index in [1.54, 1.807) is 13.1 Å². The maximum Gasteiger partial charge on any atom is 0.262 e. The molecule has 2 aromatic heterocycles. The second-order valence-corrected chi connectivity index (χ2v) is 6.86. The Morgan fingerprint density at radius 1 is 1.45 bits per heavy atom. The molecule has 20 heavy (non-hydrogen) atoms. The van der Waals surface area contributed by atoms with Crippen molar-refractivity contribution in [3.8, 4) is 0 Å². The molecule has 1 aliphatic rings. The molecule has 3 rings (SSSR count). The molecular weight excluding hydrogens is 294 g/mol. The summed E-state index contributed by atoms with van der Waals surface area (Å²) >= 11 is 2.84. The third kappa shape index (κ3) is 2.47. The lowest BCUT2D eigenvalue weighted by molar-refractivity contribution is -0.120. The fraction of sp³-hybridized carbons (Fsp3) is 0.462. The second-order valence-electron chi connectivity index (χ2n) is 4.79. The molecule has 0 unspecified atom stereocenters. The number of carbonyl (C=O) groups is 1. The van der Waals surface area contributed by atoms with Crippen molar-refractivity contribution >= 4 is 39.2 Å². The third-order valence-electron chi connectivity index (χ3n) is 3.40. The summed E-state index contributed by atoms with van der Waals surface area (Å²) in [6.45, 7) is 0.742. The van der Waals surface area contributed by atoms with E-state index in [1.165, 1.54) is 27.7 Å². The Labute approximate surface area is 124 Å². The van der Waals surface area contributed by atoms with Crippen molar-refractivity contribution in [2.45, 2.75) is 29.7 Å². The predicted molar refractivity (Wildman–Crippen MR) is 81.4 cm³/mol. The van der Waals surface area contributed by atoms with Crippen LogP contribution in [-0.4, -0.2) is 27.3 Å². The molecular formula is C13H15N3O2S2. The van der Waals surface area contributed by atoms with Crippen molar-refractivity contribution < 1.29 is 4.79 Å². The fourth-order valence-electron chi connectivity index (χ4n) is 2.24. The van der Waals surface area contributed by atoms with Gasteiger partial charge in [0.05, 0.1) is 10.6 Å². The first-order valence-electron chi connectivity index (χ1n) is 6.55. The number of thiophene rings is 1. The first kappa shape index (κ1) is 13.6. The van der Waals surface area contributed by atoms with Crippen molar-refractivity contribution in [2.24, 2.45) is 7.05 Å². The molecule has 3 heterocycles. The van der Waals surface area contributed by atoms with Crippen molar-refractivity contribution in [1.29, 1.82) is 0 Å². The van der Waals surface area contributed by atoms with Gasteiger partial charge in [-0.1, -0.05) is 18.2 Å². The van der Waals surface area contributed by atoms with Crippen molar-refractivity contribution in [1.82, 2.24) is 14.9 Å². The molecule has 106 valence electrons. The van der Waals surface area contributed by atoms with Crippen LogP contribution in [-0.2, 0) is 11.8 Å².